The molecule has 4 nitrogen and oxygen atoms in total. The van der Waals surface area contributed by atoms with E-state index < -0.39 is 17.8 Å². The molecule has 4 rings (SSSR count). The van der Waals surface area contributed by atoms with Gasteiger partial charge in [-0.05, 0) is 85.4 Å². The SMILES string of the molecule is CC(C)C(C)CCC(C)C1CC(O)C2C3CC(O)C4(O)CC(O)CCC4(C)C3CCC12C. The minimum absolute atomic E-state index is 0.112. The fourth-order valence-corrected chi connectivity index (χ4v) is 9.32. The molecule has 4 fully saturated rings. The van der Waals surface area contributed by atoms with Crippen molar-refractivity contribution in [1.82, 2.24) is 0 Å². The van der Waals surface area contributed by atoms with Crippen LogP contribution in [0.1, 0.15) is 99.3 Å². The van der Waals surface area contributed by atoms with Crippen LogP contribution in [-0.4, -0.2) is 44.3 Å². The van der Waals surface area contributed by atoms with E-state index in [2.05, 4.69) is 41.5 Å². The van der Waals surface area contributed by atoms with E-state index in [0.717, 1.165) is 31.6 Å². The number of aliphatic hydroxyl groups is 4. The van der Waals surface area contributed by atoms with Crippen LogP contribution in [0.2, 0.25) is 0 Å². The van der Waals surface area contributed by atoms with Gasteiger partial charge in [-0.2, -0.15) is 0 Å². The summed E-state index contributed by atoms with van der Waals surface area (Å²) in [7, 11) is 0. The Kier molecular flexibility index (Phi) is 6.63. The third-order valence-corrected chi connectivity index (χ3v) is 11.8. The summed E-state index contributed by atoms with van der Waals surface area (Å²) in [6.45, 7) is 14.0. The van der Waals surface area contributed by atoms with E-state index in [4.69, 9.17) is 0 Å². The van der Waals surface area contributed by atoms with Crippen molar-refractivity contribution in [2.75, 3.05) is 0 Å². The molecule has 0 bridgehead atoms. The van der Waals surface area contributed by atoms with Crippen LogP contribution < -0.4 is 0 Å². The molecule has 12 atom stereocenters. The Hall–Kier alpha value is -0.160. The number of hydrogen-bond acceptors (Lipinski definition) is 4. The largest absolute Gasteiger partial charge is 0.393 e. The molecule has 0 aliphatic heterocycles. The maximum absolute atomic E-state index is 11.6. The molecule has 4 heteroatoms. The van der Waals surface area contributed by atoms with Crippen molar-refractivity contribution >= 4 is 0 Å². The average Bonchev–Trinajstić information content (AvgIpc) is 2.99. The van der Waals surface area contributed by atoms with Crippen molar-refractivity contribution in [2.45, 2.75) is 123 Å². The van der Waals surface area contributed by atoms with E-state index in [-0.39, 0.29) is 35.2 Å². The van der Waals surface area contributed by atoms with Crippen LogP contribution in [0.15, 0.2) is 0 Å². The van der Waals surface area contributed by atoms with E-state index in [1.165, 1.54) is 12.8 Å². The van der Waals surface area contributed by atoms with Crippen LogP contribution in [0.5, 0.6) is 0 Å². The average molecular weight is 451 g/mol. The second-order valence-corrected chi connectivity index (χ2v) is 13.5. The fourth-order valence-electron chi connectivity index (χ4n) is 9.32. The molecule has 0 aromatic carbocycles. The summed E-state index contributed by atoms with van der Waals surface area (Å²) in [5, 5.41) is 44.5. The monoisotopic (exact) mass is 450 g/mol. The highest BCUT2D eigenvalue weighted by Gasteiger charge is 2.68. The van der Waals surface area contributed by atoms with Crippen molar-refractivity contribution in [1.29, 1.82) is 0 Å². The van der Waals surface area contributed by atoms with Crippen molar-refractivity contribution in [3.63, 3.8) is 0 Å². The van der Waals surface area contributed by atoms with Crippen LogP contribution in [-0.2, 0) is 0 Å². The fraction of sp³-hybridized carbons (Fsp3) is 1.00. The van der Waals surface area contributed by atoms with Gasteiger partial charge in [-0.15, -0.1) is 0 Å². The van der Waals surface area contributed by atoms with Crippen LogP contribution in [0, 0.1) is 52.3 Å². The Balaban J connectivity index is 1.57. The first-order chi connectivity index (χ1) is 14.8. The molecule has 4 N–H and O–H groups in total. The highest BCUT2D eigenvalue weighted by Crippen LogP contribution is 2.69. The molecule has 186 valence electrons. The molecule has 0 spiro atoms. The molecule has 0 amide bonds. The van der Waals surface area contributed by atoms with Crippen LogP contribution in [0.3, 0.4) is 0 Å². The third kappa shape index (κ3) is 3.62. The van der Waals surface area contributed by atoms with Gasteiger partial charge in [-0.25, -0.2) is 0 Å². The predicted octanol–water partition coefficient (Wildman–Crippen LogP) is 4.77. The lowest BCUT2D eigenvalue weighted by atomic mass is 9.42. The van der Waals surface area contributed by atoms with Gasteiger partial charge >= 0.3 is 0 Å². The highest BCUT2D eigenvalue weighted by molar-refractivity contribution is 5.18. The molecule has 4 aliphatic rings. The molecule has 0 radical (unpaired) electrons. The standard InChI is InChI=1S/C28H50O4/c1-16(2)17(3)7-8-18(4)22-14-23(30)25-20-13-24(31)28(32)15-19(29)9-12-27(28,6)21(20)10-11-26(22,25)5/h16-25,29-32H,7-15H2,1-6H3. The first-order valence-corrected chi connectivity index (χ1v) is 13.6. The Morgan fingerprint density at radius 3 is 2.25 bits per heavy atom. The minimum atomic E-state index is -1.21. The third-order valence-electron chi connectivity index (χ3n) is 11.8. The van der Waals surface area contributed by atoms with E-state index in [9.17, 15) is 20.4 Å². The van der Waals surface area contributed by atoms with Crippen molar-refractivity contribution in [3.05, 3.63) is 0 Å². The van der Waals surface area contributed by atoms with Crippen LogP contribution >= 0.6 is 0 Å². The Bertz CT molecular complexity index is 680. The summed E-state index contributed by atoms with van der Waals surface area (Å²) >= 11 is 0. The van der Waals surface area contributed by atoms with Gasteiger partial charge in [0.1, 0.15) is 0 Å². The summed E-state index contributed by atoms with van der Waals surface area (Å²) in [5.41, 5.74) is -1.48. The number of hydrogen-bond donors (Lipinski definition) is 4. The molecule has 0 saturated heterocycles. The quantitative estimate of drug-likeness (QED) is 0.486. The van der Waals surface area contributed by atoms with Gasteiger partial charge in [0.15, 0.2) is 0 Å². The first kappa shape index (κ1) is 24.9. The molecule has 0 aromatic rings. The molecule has 0 aromatic heterocycles. The first-order valence-electron chi connectivity index (χ1n) is 13.6. The maximum Gasteiger partial charge on any atom is 0.0985 e. The second kappa shape index (κ2) is 8.50. The highest BCUT2D eigenvalue weighted by atomic mass is 16.3. The Labute approximate surface area is 196 Å². The van der Waals surface area contributed by atoms with Gasteiger partial charge in [0, 0.05) is 11.8 Å². The van der Waals surface area contributed by atoms with E-state index in [0.29, 0.717) is 36.5 Å². The Morgan fingerprint density at radius 2 is 1.59 bits per heavy atom. The zero-order valence-corrected chi connectivity index (χ0v) is 21.4. The zero-order valence-electron chi connectivity index (χ0n) is 21.4. The lowest BCUT2D eigenvalue weighted by Crippen LogP contribution is -2.69. The summed E-state index contributed by atoms with van der Waals surface area (Å²) in [6.07, 6.45) is 6.20. The van der Waals surface area contributed by atoms with Crippen molar-refractivity contribution in [3.8, 4) is 0 Å². The molecule has 32 heavy (non-hydrogen) atoms. The number of rotatable bonds is 5. The number of aliphatic hydroxyl groups excluding tert-OH is 3. The van der Waals surface area contributed by atoms with Gasteiger partial charge in [-0.1, -0.05) is 54.4 Å². The molecular weight excluding hydrogens is 400 g/mol. The van der Waals surface area contributed by atoms with Gasteiger partial charge in [0.2, 0.25) is 0 Å². The van der Waals surface area contributed by atoms with Crippen LogP contribution in [0.25, 0.3) is 0 Å². The van der Waals surface area contributed by atoms with Crippen molar-refractivity contribution in [2.24, 2.45) is 52.3 Å². The lowest BCUT2D eigenvalue weighted by Gasteiger charge is -2.65. The molecule has 4 aliphatic carbocycles. The minimum Gasteiger partial charge on any atom is -0.393 e. The molecule has 4 saturated carbocycles. The van der Waals surface area contributed by atoms with Gasteiger partial charge in [0.25, 0.3) is 0 Å². The van der Waals surface area contributed by atoms with Gasteiger partial charge < -0.3 is 20.4 Å². The maximum atomic E-state index is 11.6. The van der Waals surface area contributed by atoms with E-state index in [1.807, 2.05) is 0 Å². The zero-order chi connectivity index (χ0) is 23.6. The smallest absolute Gasteiger partial charge is 0.0985 e. The predicted molar refractivity (Wildman–Crippen MR) is 128 cm³/mol. The molecule has 12 unspecified atom stereocenters. The van der Waals surface area contributed by atoms with E-state index in [1.54, 1.807) is 0 Å². The van der Waals surface area contributed by atoms with Crippen molar-refractivity contribution < 1.29 is 20.4 Å². The Morgan fingerprint density at radius 1 is 0.906 bits per heavy atom. The van der Waals surface area contributed by atoms with E-state index >= 15 is 0 Å². The summed E-state index contributed by atoms with van der Waals surface area (Å²) in [4.78, 5) is 0. The topological polar surface area (TPSA) is 80.9 Å². The van der Waals surface area contributed by atoms with Crippen LogP contribution in [0.4, 0.5) is 0 Å². The molecule has 0 heterocycles. The number of fused-ring (bicyclic) bond motifs is 5. The lowest BCUT2D eigenvalue weighted by molar-refractivity contribution is -0.268. The normalized spacial score (nSPS) is 52.8. The van der Waals surface area contributed by atoms with Gasteiger partial charge in [-0.3, -0.25) is 0 Å². The summed E-state index contributed by atoms with van der Waals surface area (Å²) < 4.78 is 0. The summed E-state index contributed by atoms with van der Waals surface area (Å²) in [5.74, 6) is 3.35. The molecular formula is C28H50O4. The summed E-state index contributed by atoms with van der Waals surface area (Å²) in [6, 6.07) is 0. The second-order valence-electron chi connectivity index (χ2n) is 13.5. The van der Waals surface area contributed by atoms with Gasteiger partial charge in [0.05, 0.1) is 23.9 Å².